The molecule has 2 aromatic heterocycles. The maximum atomic E-state index is 12.2. The van der Waals surface area contributed by atoms with Gasteiger partial charge in [0, 0.05) is 10.9 Å². The van der Waals surface area contributed by atoms with Gasteiger partial charge in [-0.2, -0.15) is 5.26 Å². The SMILES string of the molecule is N#CC1(NC(=O)c2csc(-c3ccoc3)n2)CCCC1. The van der Waals surface area contributed by atoms with Crippen LogP contribution in [0.4, 0.5) is 0 Å². The van der Waals surface area contributed by atoms with Crippen molar-refractivity contribution in [3.8, 4) is 16.6 Å². The molecule has 102 valence electrons. The van der Waals surface area contributed by atoms with Gasteiger partial charge in [0.15, 0.2) is 0 Å². The summed E-state index contributed by atoms with van der Waals surface area (Å²) in [6, 6.07) is 4.04. The van der Waals surface area contributed by atoms with Crippen molar-refractivity contribution >= 4 is 17.2 Å². The van der Waals surface area contributed by atoms with Crippen LogP contribution >= 0.6 is 11.3 Å². The van der Waals surface area contributed by atoms with Crippen molar-refractivity contribution in [3.05, 3.63) is 29.7 Å². The Morgan fingerprint density at radius 3 is 2.95 bits per heavy atom. The first-order valence-electron chi connectivity index (χ1n) is 6.44. The molecule has 1 aliphatic carbocycles. The fourth-order valence-corrected chi connectivity index (χ4v) is 3.21. The number of carbonyl (C=O) groups excluding carboxylic acids is 1. The Morgan fingerprint density at radius 1 is 1.50 bits per heavy atom. The normalized spacial score (nSPS) is 16.8. The van der Waals surface area contributed by atoms with E-state index in [1.807, 2.05) is 0 Å². The first kappa shape index (κ1) is 12.9. The van der Waals surface area contributed by atoms with Gasteiger partial charge in [0.25, 0.3) is 5.91 Å². The lowest BCUT2D eigenvalue weighted by Gasteiger charge is -2.21. The van der Waals surface area contributed by atoms with Crippen molar-refractivity contribution < 1.29 is 9.21 Å². The van der Waals surface area contributed by atoms with Gasteiger partial charge < -0.3 is 9.73 Å². The van der Waals surface area contributed by atoms with Crippen LogP contribution in [0.2, 0.25) is 0 Å². The van der Waals surface area contributed by atoms with Gasteiger partial charge in [0.05, 0.1) is 12.3 Å². The first-order chi connectivity index (χ1) is 9.72. The predicted octanol–water partition coefficient (Wildman–Crippen LogP) is 2.97. The molecule has 0 saturated heterocycles. The zero-order valence-electron chi connectivity index (χ0n) is 10.8. The maximum absolute atomic E-state index is 12.2. The number of thiazole rings is 1. The molecule has 1 N–H and O–H groups in total. The molecule has 1 amide bonds. The van der Waals surface area contributed by atoms with Crippen LogP contribution in [-0.2, 0) is 0 Å². The van der Waals surface area contributed by atoms with Gasteiger partial charge in [-0.25, -0.2) is 4.98 Å². The van der Waals surface area contributed by atoms with Crippen molar-refractivity contribution in [2.24, 2.45) is 0 Å². The summed E-state index contributed by atoms with van der Waals surface area (Å²) in [5.41, 5.74) is 0.494. The van der Waals surface area contributed by atoms with Crippen molar-refractivity contribution in [1.82, 2.24) is 10.3 Å². The molecule has 1 saturated carbocycles. The molecule has 5 nitrogen and oxygen atoms in total. The predicted molar refractivity (Wildman–Crippen MR) is 74.1 cm³/mol. The van der Waals surface area contributed by atoms with E-state index < -0.39 is 5.54 Å². The molecule has 1 fully saturated rings. The molecular formula is C14H13N3O2S. The Morgan fingerprint density at radius 2 is 2.30 bits per heavy atom. The average molecular weight is 287 g/mol. The van der Waals surface area contributed by atoms with Crippen LogP contribution < -0.4 is 5.32 Å². The lowest BCUT2D eigenvalue weighted by atomic mass is 10.00. The van der Waals surface area contributed by atoms with E-state index in [1.165, 1.54) is 11.3 Å². The Hall–Kier alpha value is -2.13. The van der Waals surface area contributed by atoms with Crippen molar-refractivity contribution in [2.45, 2.75) is 31.2 Å². The van der Waals surface area contributed by atoms with Crippen molar-refractivity contribution in [1.29, 1.82) is 5.26 Å². The van der Waals surface area contributed by atoms with Gasteiger partial charge in [-0.3, -0.25) is 4.79 Å². The van der Waals surface area contributed by atoms with Gasteiger partial charge in [-0.15, -0.1) is 11.3 Å². The summed E-state index contributed by atoms with van der Waals surface area (Å²) in [7, 11) is 0. The smallest absolute Gasteiger partial charge is 0.272 e. The molecule has 0 bridgehead atoms. The Kier molecular flexibility index (Phi) is 3.28. The minimum atomic E-state index is -0.712. The monoisotopic (exact) mass is 287 g/mol. The number of furan rings is 1. The zero-order valence-corrected chi connectivity index (χ0v) is 11.6. The fraction of sp³-hybridized carbons (Fsp3) is 0.357. The summed E-state index contributed by atoms with van der Waals surface area (Å²) in [5, 5.41) is 14.6. The third kappa shape index (κ3) is 2.32. The number of hydrogen-bond donors (Lipinski definition) is 1. The highest BCUT2D eigenvalue weighted by Gasteiger charge is 2.36. The second kappa shape index (κ2) is 5.10. The molecule has 0 aliphatic heterocycles. The maximum Gasteiger partial charge on any atom is 0.272 e. The molecule has 0 atom stereocenters. The van der Waals surface area contributed by atoms with Crippen LogP contribution in [0.3, 0.4) is 0 Å². The van der Waals surface area contributed by atoms with Gasteiger partial charge >= 0.3 is 0 Å². The van der Waals surface area contributed by atoms with Crippen molar-refractivity contribution in [3.63, 3.8) is 0 Å². The van der Waals surface area contributed by atoms with Crippen LogP contribution in [-0.4, -0.2) is 16.4 Å². The molecule has 2 heterocycles. The Labute approximate surface area is 120 Å². The molecule has 0 spiro atoms. The minimum Gasteiger partial charge on any atom is -0.472 e. The highest BCUT2D eigenvalue weighted by molar-refractivity contribution is 7.13. The summed E-state index contributed by atoms with van der Waals surface area (Å²) in [4.78, 5) is 16.5. The quantitative estimate of drug-likeness (QED) is 0.941. The third-order valence-corrected chi connectivity index (χ3v) is 4.42. The topological polar surface area (TPSA) is 78.9 Å². The van der Waals surface area contributed by atoms with E-state index in [0.29, 0.717) is 18.5 Å². The van der Waals surface area contributed by atoms with Gasteiger partial charge in [0.1, 0.15) is 22.5 Å². The second-order valence-electron chi connectivity index (χ2n) is 4.91. The third-order valence-electron chi connectivity index (χ3n) is 3.53. The molecule has 2 aromatic rings. The number of carbonyl (C=O) groups is 1. The molecule has 0 unspecified atom stereocenters. The van der Waals surface area contributed by atoms with Crippen LogP contribution in [0.15, 0.2) is 28.4 Å². The number of amides is 1. The summed E-state index contributed by atoms with van der Waals surface area (Å²) in [6.45, 7) is 0. The zero-order chi connectivity index (χ0) is 14.0. The summed E-state index contributed by atoms with van der Waals surface area (Å²) in [5.74, 6) is -0.278. The number of nitriles is 1. The van der Waals surface area contributed by atoms with Crippen LogP contribution in [0.5, 0.6) is 0 Å². The lowest BCUT2D eigenvalue weighted by Crippen LogP contribution is -2.45. The Bertz CT molecular complexity index is 648. The number of nitrogens with zero attached hydrogens (tertiary/aromatic N) is 2. The van der Waals surface area contributed by atoms with Crippen molar-refractivity contribution in [2.75, 3.05) is 0 Å². The number of hydrogen-bond acceptors (Lipinski definition) is 5. The van der Waals surface area contributed by atoms with E-state index >= 15 is 0 Å². The molecule has 1 aliphatic rings. The molecule has 0 aromatic carbocycles. The van der Waals surface area contributed by atoms with Gasteiger partial charge in [-0.1, -0.05) is 0 Å². The van der Waals surface area contributed by atoms with Gasteiger partial charge in [-0.05, 0) is 31.7 Å². The highest BCUT2D eigenvalue weighted by atomic mass is 32.1. The summed E-state index contributed by atoms with van der Waals surface area (Å²) >= 11 is 1.39. The van der Waals surface area contributed by atoms with E-state index in [9.17, 15) is 10.1 Å². The molecular weight excluding hydrogens is 274 g/mol. The largest absolute Gasteiger partial charge is 0.472 e. The van der Waals surface area contributed by atoms with Crippen LogP contribution in [0, 0.1) is 11.3 Å². The van der Waals surface area contributed by atoms with E-state index in [1.54, 1.807) is 24.0 Å². The van der Waals surface area contributed by atoms with Gasteiger partial charge in [0.2, 0.25) is 0 Å². The number of nitrogens with one attached hydrogen (secondary N) is 1. The molecule has 20 heavy (non-hydrogen) atoms. The average Bonchev–Trinajstić information content (AvgIpc) is 3.19. The van der Waals surface area contributed by atoms with Crippen LogP contribution in [0.25, 0.3) is 10.6 Å². The standard InChI is InChI=1S/C14H13N3O2S/c15-9-14(4-1-2-5-14)17-12(18)11-8-20-13(16-11)10-3-6-19-7-10/h3,6-8H,1-2,4-5H2,(H,17,18). The van der Waals surface area contributed by atoms with Crippen LogP contribution in [0.1, 0.15) is 36.2 Å². The van der Waals surface area contributed by atoms with E-state index in [-0.39, 0.29) is 5.91 Å². The van der Waals surface area contributed by atoms with E-state index in [2.05, 4.69) is 16.4 Å². The van der Waals surface area contributed by atoms with E-state index in [4.69, 9.17) is 4.42 Å². The number of aromatic nitrogens is 1. The Balaban J connectivity index is 1.77. The molecule has 3 rings (SSSR count). The second-order valence-corrected chi connectivity index (χ2v) is 5.76. The number of rotatable bonds is 3. The first-order valence-corrected chi connectivity index (χ1v) is 7.32. The van der Waals surface area contributed by atoms with E-state index in [0.717, 1.165) is 23.4 Å². The summed E-state index contributed by atoms with van der Waals surface area (Å²) in [6.07, 6.45) is 6.55. The molecule has 6 heteroatoms. The highest BCUT2D eigenvalue weighted by Crippen LogP contribution is 2.30. The lowest BCUT2D eigenvalue weighted by molar-refractivity contribution is 0.0916. The molecule has 0 radical (unpaired) electrons. The summed E-state index contributed by atoms with van der Waals surface area (Å²) < 4.78 is 5.00. The minimum absolute atomic E-state index is 0.278. The fourth-order valence-electron chi connectivity index (χ4n) is 2.42.